The van der Waals surface area contributed by atoms with E-state index in [1.807, 2.05) is 43.3 Å². The summed E-state index contributed by atoms with van der Waals surface area (Å²) in [5.74, 6) is -0.118. The number of nitrogens with zero attached hydrogens (tertiary/aromatic N) is 2. The molecule has 7 heteroatoms. The Bertz CT molecular complexity index is 1180. The van der Waals surface area contributed by atoms with E-state index in [9.17, 15) is 13.2 Å². The maximum absolute atomic E-state index is 13.6. The highest BCUT2D eigenvalue weighted by Gasteiger charge is 2.25. The van der Waals surface area contributed by atoms with Gasteiger partial charge < -0.3 is 5.32 Å². The van der Waals surface area contributed by atoms with Crippen molar-refractivity contribution in [2.75, 3.05) is 10.8 Å². The summed E-state index contributed by atoms with van der Waals surface area (Å²) in [7, 11) is -3.79. The Hall–Kier alpha value is -3.19. The van der Waals surface area contributed by atoms with E-state index in [1.54, 1.807) is 36.7 Å². The van der Waals surface area contributed by atoms with E-state index in [-0.39, 0.29) is 29.2 Å². The molecule has 180 valence electrons. The summed E-state index contributed by atoms with van der Waals surface area (Å²) in [5.41, 5.74) is 3.60. The number of aryl methyl sites for hydroxylation is 1. The first-order valence-corrected chi connectivity index (χ1v) is 12.9. The summed E-state index contributed by atoms with van der Waals surface area (Å²) in [6.45, 7) is 8.86. The number of benzene rings is 2. The van der Waals surface area contributed by atoms with Crippen molar-refractivity contribution in [3.05, 3.63) is 89.7 Å². The third-order valence-electron chi connectivity index (χ3n) is 5.63. The number of pyridine rings is 1. The fourth-order valence-electron chi connectivity index (χ4n) is 3.53. The van der Waals surface area contributed by atoms with Crippen molar-refractivity contribution in [3.63, 3.8) is 0 Å². The molecular weight excluding hydrogens is 446 g/mol. The van der Waals surface area contributed by atoms with Gasteiger partial charge in [0, 0.05) is 31.9 Å². The lowest BCUT2D eigenvalue weighted by molar-refractivity contribution is -0.121. The highest BCUT2D eigenvalue weighted by atomic mass is 32.2. The predicted octanol–water partition coefficient (Wildman–Crippen LogP) is 4.98. The van der Waals surface area contributed by atoms with E-state index in [1.165, 1.54) is 4.31 Å². The number of carbonyl (C=O) groups is 1. The van der Waals surface area contributed by atoms with Crippen LogP contribution in [0.15, 0.2) is 78.0 Å². The molecule has 34 heavy (non-hydrogen) atoms. The van der Waals surface area contributed by atoms with Gasteiger partial charge in [-0.25, -0.2) is 8.42 Å². The fraction of sp³-hybridized carbons (Fsp3) is 0.333. The monoisotopic (exact) mass is 479 g/mol. The Morgan fingerprint density at radius 2 is 1.56 bits per heavy atom. The van der Waals surface area contributed by atoms with Crippen LogP contribution in [0.5, 0.6) is 0 Å². The van der Waals surface area contributed by atoms with E-state index in [0.717, 1.165) is 16.7 Å². The lowest BCUT2D eigenvalue weighted by Gasteiger charge is -2.25. The van der Waals surface area contributed by atoms with Gasteiger partial charge in [-0.2, -0.15) is 0 Å². The molecule has 2 aromatic carbocycles. The molecule has 0 bridgehead atoms. The largest absolute Gasteiger partial charge is 0.352 e. The Labute approximate surface area is 203 Å². The van der Waals surface area contributed by atoms with Crippen molar-refractivity contribution in [2.45, 2.75) is 57.4 Å². The quantitative estimate of drug-likeness (QED) is 0.469. The second kappa shape index (κ2) is 10.8. The molecular formula is C27H33N3O3S. The third-order valence-corrected chi connectivity index (χ3v) is 7.48. The fourth-order valence-corrected chi connectivity index (χ4v) is 5.03. The number of carbonyl (C=O) groups excluding carboxylic acids is 1. The Morgan fingerprint density at radius 1 is 0.941 bits per heavy atom. The number of hydrogen-bond donors (Lipinski definition) is 1. The summed E-state index contributed by atoms with van der Waals surface area (Å²) < 4.78 is 28.6. The molecule has 1 heterocycles. The summed E-state index contributed by atoms with van der Waals surface area (Å²) >= 11 is 0. The molecule has 1 amide bonds. The molecule has 1 aromatic heterocycles. The van der Waals surface area contributed by atoms with E-state index in [2.05, 4.69) is 31.1 Å². The molecule has 0 spiro atoms. The smallest absolute Gasteiger partial charge is 0.264 e. The molecule has 0 fully saturated rings. The number of hydrogen-bond acceptors (Lipinski definition) is 4. The van der Waals surface area contributed by atoms with Crippen LogP contribution in [0.3, 0.4) is 0 Å². The molecule has 0 saturated carbocycles. The molecule has 0 saturated heterocycles. The normalized spacial score (nSPS) is 11.8. The Kier molecular flexibility index (Phi) is 8.10. The zero-order chi connectivity index (χ0) is 24.8. The van der Waals surface area contributed by atoms with Crippen LogP contribution < -0.4 is 9.62 Å². The van der Waals surface area contributed by atoms with E-state index >= 15 is 0 Å². The summed E-state index contributed by atoms with van der Waals surface area (Å²) in [6, 6.07) is 18.1. The molecule has 3 rings (SSSR count). The average Bonchev–Trinajstić information content (AvgIpc) is 2.81. The van der Waals surface area contributed by atoms with Gasteiger partial charge in [-0.3, -0.25) is 14.1 Å². The van der Waals surface area contributed by atoms with E-state index in [0.29, 0.717) is 18.7 Å². The van der Waals surface area contributed by atoms with Crippen molar-refractivity contribution in [2.24, 2.45) is 0 Å². The lowest BCUT2D eigenvalue weighted by atomic mass is 9.87. The number of aromatic nitrogens is 1. The average molecular weight is 480 g/mol. The molecule has 3 aromatic rings. The van der Waals surface area contributed by atoms with Crippen molar-refractivity contribution in [1.29, 1.82) is 0 Å². The Balaban J connectivity index is 1.73. The molecule has 0 atom stereocenters. The van der Waals surface area contributed by atoms with Crippen molar-refractivity contribution >= 4 is 21.6 Å². The standard InChI is InChI=1S/C27H33N3O3S/c1-21-7-11-24(12-8-21)30(19-5-6-26(31)29-20-22-15-17-28-18-16-22)34(32,33)25-13-9-23(10-14-25)27(2,3)4/h7-18H,5-6,19-20H2,1-4H3,(H,29,31). The van der Waals surface area contributed by atoms with Crippen LogP contribution >= 0.6 is 0 Å². The minimum absolute atomic E-state index is 0.0669. The van der Waals surface area contributed by atoms with Gasteiger partial charge in [0.05, 0.1) is 10.6 Å². The first kappa shape index (κ1) is 25.4. The van der Waals surface area contributed by atoms with Crippen LogP contribution in [-0.4, -0.2) is 25.9 Å². The van der Waals surface area contributed by atoms with Gasteiger partial charge in [0.2, 0.25) is 5.91 Å². The van der Waals surface area contributed by atoms with Crippen LogP contribution in [0, 0.1) is 6.92 Å². The van der Waals surface area contributed by atoms with Gasteiger partial charge in [-0.1, -0.05) is 50.6 Å². The van der Waals surface area contributed by atoms with Crippen molar-refractivity contribution in [3.8, 4) is 0 Å². The highest BCUT2D eigenvalue weighted by Crippen LogP contribution is 2.27. The first-order valence-electron chi connectivity index (χ1n) is 11.4. The third kappa shape index (κ3) is 6.67. The summed E-state index contributed by atoms with van der Waals surface area (Å²) in [6.07, 6.45) is 3.99. The van der Waals surface area contributed by atoms with Crippen molar-refractivity contribution < 1.29 is 13.2 Å². The van der Waals surface area contributed by atoms with Crippen LogP contribution in [0.2, 0.25) is 0 Å². The zero-order valence-corrected chi connectivity index (χ0v) is 21.1. The molecule has 0 aliphatic rings. The second-order valence-corrected chi connectivity index (χ2v) is 11.3. The molecule has 1 N–H and O–H groups in total. The molecule has 0 aliphatic carbocycles. The van der Waals surface area contributed by atoms with Gasteiger partial charge in [-0.05, 0) is 66.3 Å². The molecule has 0 unspecified atom stereocenters. The second-order valence-electron chi connectivity index (χ2n) is 9.42. The number of rotatable bonds is 9. The molecule has 0 aliphatic heterocycles. The number of amides is 1. The Morgan fingerprint density at radius 3 is 2.15 bits per heavy atom. The van der Waals surface area contributed by atoms with E-state index in [4.69, 9.17) is 0 Å². The summed E-state index contributed by atoms with van der Waals surface area (Å²) in [4.78, 5) is 16.5. The maximum Gasteiger partial charge on any atom is 0.264 e. The van der Waals surface area contributed by atoms with Gasteiger partial charge in [0.1, 0.15) is 0 Å². The topological polar surface area (TPSA) is 79.4 Å². The highest BCUT2D eigenvalue weighted by molar-refractivity contribution is 7.92. The van der Waals surface area contributed by atoms with Crippen molar-refractivity contribution in [1.82, 2.24) is 10.3 Å². The van der Waals surface area contributed by atoms with Crippen LogP contribution in [0.25, 0.3) is 0 Å². The lowest BCUT2D eigenvalue weighted by Crippen LogP contribution is -2.33. The first-order chi connectivity index (χ1) is 16.1. The van der Waals surface area contributed by atoms with Gasteiger partial charge in [-0.15, -0.1) is 0 Å². The van der Waals surface area contributed by atoms with Gasteiger partial charge >= 0.3 is 0 Å². The van der Waals surface area contributed by atoms with Crippen LogP contribution in [0.4, 0.5) is 5.69 Å². The predicted molar refractivity (Wildman–Crippen MR) is 136 cm³/mol. The minimum atomic E-state index is -3.79. The minimum Gasteiger partial charge on any atom is -0.352 e. The molecule has 0 radical (unpaired) electrons. The number of sulfonamides is 1. The van der Waals surface area contributed by atoms with Gasteiger partial charge in [0.15, 0.2) is 0 Å². The summed E-state index contributed by atoms with van der Waals surface area (Å²) in [5, 5.41) is 2.88. The van der Waals surface area contributed by atoms with Crippen LogP contribution in [-0.2, 0) is 26.8 Å². The molecule has 6 nitrogen and oxygen atoms in total. The number of anilines is 1. The van der Waals surface area contributed by atoms with Crippen LogP contribution in [0.1, 0.15) is 50.3 Å². The van der Waals surface area contributed by atoms with E-state index < -0.39 is 10.0 Å². The maximum atomic E-state index is 13.6. The SMILES string of the molecule is Cc1ccc(N(CCCC(=O)NCc2ccncc2)S(=O)(=O)c2ccc(C(C)(C)C)cc2)cc1. The van der Waals surface area contributed by atoms with Gasteiger partial charge in [0.25, 0.3) is 10.0 Å². The number of nitrogens with one attached hydrogen (secondary N) is 1. The zero-order valence-electron chi connectivity index (χ0n) is 20.3.